The molecule has 0 atom stereocenters. The van der Waals surface area contributed by atoms with Gasteiger partial charge in [0.2, 0.25) is 0 Å². The number of aromatic nitrogens is 2. The van der Waals surface area contributed by atoms with Crippen LogP contribution in [0.15, 0.2) is 35.4 Å². The second kappa shape index (κ2) is 6.56. The number of halogens is 5. The van der Waals surface area contributed by atoms with Crippen LogP contribution in [-0.2, 0) is 22.6 Å². The Morgan fingerprint density at radius 3 is 2.45 bits per heavy atom. The number of hydrogen-bond donors (Lipinski definition) is 0. The molecule has 8 nitrogen and oxygen atoms in total. The average Bonchev–Trinajstić information content (AvgIpc) is 3.34. The third-order valence-electron chi connectivity index (χ3n) is 5.27. The summed E-state index contributed by atoms with van der Waals surface area (Å²) in [6.07, 6.45) is -7.97. The van der Waals surface area contributed by atoms with Gasteiger partial charge in [-0.1, -0.05) is 6.92 Å². The summed E-state index contributed by atoms with van der Waals surface area (Å²) in [7, 11) is -4.04. The van der Waals surface area contributed by atoms with Gasteiger partial charge in [-0.15, -0.1) is 13.9 Å². The number of fused-ring (bicyclic) bond motifs is 3. The molecule has 0 radical (unpaired) electrons. The molecule has 5 rings (SSSR count). The Balaban J connectivity index is 1.65. The van der Waals surface area contributed by atoms with Crippen molar-refractivity contribution in [2.75, 3.05) is 10.7 Å². The van der Waals surface area contributed by atoms with Crippen molar-refractivity contribution in [2.45, 2.75) is 30.8 Å². The molecule has 0 saturated heterocycles. The molecule has 2 aromatic heterocycles. The summed E-state index contributed by atoms with van der Waals surface area (Å²) < 4.78 is 101. The first kappa shape index (κ1) is 21.4. The zero-order valence-corrected chi connectivity index (χ0v) is 17.3. The number of carbonyl (C=O) groups excluding carboxylic acids is 1. The Kier molecular flexibility index (Phi) is 4.26. The van der Waals surface area contributed by atoms with Crippen molar-refractivity contribution in [1.29, 1.82) is 0 Å². The lowest BCUT2D eigenvalue weighted by atomic mass is 10.1. The van der Waals surface area contributed by atoms with Gasteiger partial charge in [0.1, 0.15) is 4.90 Å². The lowest BCUT2D eigenvalue weighted by molar-refractivity contribution is -0.286. The van der Waals surface area contributed by atoms with Gasteiger partial charge in [-0.2, -0.15) is 13.2 Å². The van der Waals surface area contributed by atoms with Crippen LogP contribution in [0.1, 0.15) is 28.4 Å². The quantitative estimate of drug-likeness (QED) is 0.522. The minimum atomic E-state index is -4.70. The number of pyridine rings is 1. The number of benzene rings is 1. The molecule has 0 unspecified atom stereocenters. The van der Waals surface area contributed by atoms with Crippen molar-refractivity contribution in [3.8, 4) is 11.5 Å². The molecule has 0 bridgehead atoms. The Hall–Kier alpha value is -3.42. The molecule has 0 spiro atoms. The third-order valence-corrected chi connectivity index (χ3v) is 7.05. The van der Waals surface area contributed by atoms with E-state index in [0.29, 0.717) is 6.20 Å². The van der Waals surface area contributed by atoms with Gasteiger partial charge < -0.3 is 9.47 Å². The van der Waals surface area contributed by atoms with Gasteiger partial charge in [0.15, 0.2) is 27.2 Å². The molecular weight excluding hydrogens is 477 g/mol. The van der Waals surface area contributed by atoms with Gasteiger partial charge in [-0.3, -0.25) is 9.69 Å². The van der Waals surface area contributed by atoms with Crippen LogP contribution in [0.25, 0.3) is 5.52 Å². The molecule has 0 aliphatic carbocycles. The zero-order valence-electron chi connectivity index (χ0n) is 16.5. The molecule has 2 aliphatic heterocycles. The van der Waals surface area contributed by atoms with Crippen molar-refractivity contribution in [2.24, 2.45) is 0 Å². The SMILES string of the molecule is CCS(=O)(=O)c1c(N2Cc3cc4c(cc3C2=O)OC(F)(F)O4)nn2cc(C(F)(F)F)ccc12. The van der Waals surface area contributed by atoms with Crippen molar-refractivity contribution < 1.29 is 44.6 Å². The van der Waals surface area contributed by atoms with Crippen LogP contribution in [0, 0.1) is 0 Å². The lowest BCUT2D eigenvalue weighted by Gasteiger charge is -2.14. The first-order valence-electron chi connectivity index (χ1n) is 9.38. The van der Waals surface area contributed by atoms with Gasteiger partial charge in [-0.25, -0.2) is 12.9 Å². The monoisotopic (exact) mass is 489 g/mol. The normalized spacial score (nSPS) is 17.2. The fourth-order valence-electron chi connectivity index (χ4n) is 3.73. The summed E-state index contributed by atoms with van der Waals surface area (Å²) in [5.41, 5.74) is -1.03. The number of ether oxygens (including phenoxy) is 2. The van der Waals surface area contributed by atoms with Crippen LogP contribution in [0.4, 0.5) is 27.8 Å². The van der Waals surface area contributed by atoms with Crippen LogP contribution < -0.4 is 14.4 Å². The van der Waals surface area contributed by atoms with E-state index in [2.05, 4.69) is 14.6 Å². The first-order chi connectivity index (χ1) is 15.3. The molecule has 33 heavy (non-hydrogen) atoms. The average molecular weight is 489 g/mol. The largest absolute Gasteiger partial charge is 0.586 e. The van der Waals surface area contributed by atoms with Crippen molar-refractivity contribution in [1.82, 2.24) is 9.61 Å². The van der Waals surface area contributed by atoms with Crippen molar-refractivity contribution >= 4 is 27.1 Å². The minimum Gasteiger partial charge on any atom is -0.395 e. The van der Waals surface area contributed by atoms with Crippen molar-refractivity contribution in [3.05, 3.63) is 47.2 Å². The Labute approximate surface area is 182 Å². The van der Waals surface area contributed by atoms with Crippen LogP contribution in [0.2, 0.25) is 0 Å². The van der Waals surface area contributed by atoms with E-state index in [9.17, 15) is 35.2 Å². The number of alkyl halides is 5. The van der Waals surface area contributed by atoms with E-state index >= 15 is 0 Å². The summed E-state index contributed by atoms with van der Waals surface area (Å²) in [5.74, 6) is -2.23. The fraction of sp³-hybridized carbons (Fsp3) is 0.263. The third kappa shape index (κ3) is 3.27. The van der Waals surface area contributed by atoms with E-state index in [-0.39, 0.29) is 40.5 Å². The number of hydrogen-bond acceptors (Lipinski definition) is 6. The van der Waals surface area contributed by atoms with E-state index in [0.717, 1.165) is 33.7 Å². The van der Waals surface area contributed by atoms with Gasteiger partial charge in [-0.05, 0) is 29.8 Å². The highest BCUT2D eigenvalue weighted by Gasteiger charge is 2.46. The highest BCUT2D eigenvalue weighted by molar-refractivity contribution is 7.91. The van der Waals surface area contributed by atoms with Gasteiger partial charge >= 0.3 is 12.5 Å². The van der Waals surface area contributed by atoms with Gasteiger partial charge in [0.25, 0.3) is 5.91 Å². The molecule has 0 saturated carbocycles. The summed E-state index contributed by atoms with van der Waals surface area (Å²) >= 11 is 0. The van der Waals surface area contributed by atoms with Crippen molar-refractivity contribution in [3.63, 3.8) is 0 Å². The Morgan fingerprint density at radius 2 is 1.82 bits per heavy atom. The highest BCUT2D eigenvalue weighted by atomic mass is 32.2. The summed E-state index contributed by atoms with van der Waals surface area (Å²) in [4.78, 5) is 13.6. The highest BCUT2D eigenvalue weighted by Crippen LogP contribution is 2.45. The number of carbonyl (C=O) groups is 1. The molecule has 174 valence electrons. The second-order valence-electron chi connectivity index (χ2n) is 7.32. The van der Waals surface area contributed by atoms with Crippen LogP contribution >= 0.6 is 0 Å². The van der Waals surface area contributed by atoms with Crippen LogP contribution in [-0.4, -0.2) is 36.0 Å². The Bertz CT molecular complexity index is 1450. The molecule has 2 aliphatic rings. The zero-order chi connectivity index (χ0) is 23.9. The van der Waals surface area contributed by atoms with Crippen LogP contribution in [0.3, 0.4) is 0 Å². The summed E-state index contributed by atoms with van der Waals surface area (Å²) in [5, 5.41) is 3.98. The second-order valence-corrected chi connectivity index (χ2v) is 9.53. The molecule has 1 aromatic carbocycles. The smallest absolute Gasteiger partial charge is 0.395 e. The number of rotatable bonds is 3. The summed E-state index contributed by atoms with van der Waals surface area (Å²) in [6, 6.07) is 3.89. The van der Waals surface area contributed by atoms with E-state index < -0.39 is 44.4 Å². The summed E-state index contributed by atoms with van der Waals surface area (Å²) in [6.45, 7) is 1.07. The molecule has 3 aromatic rings. The first-order valence-corrected chi connectivity index (χ1v) is 11.0. The maximum absolute atomic E-state index is 13.3. The van der Waals surface area contributed by atoms with E-state index in [1.54, 1.807) is 0 Å². The molecule has 0 fully saturated rings. The number of sulfone groups is 1. The Morgan fingerprint density at radius 1 is 1.15 bits per heavy atom. The van der Waals surface area contributed by atoms with Gasteiger partial charge in [0.05, 0.1) is 23.4 Å². The molecular formula is C19H12F5N3O5S. The van der Waals surface area contributed by atoms with Crippen LogP contribution in [0.5, 0.6) is 11.5 Å². The standard InChI is InChI=1S/C19H12F5N3O5S/c1-2-33(29,30)15-12-4-3-10(18(20,21)22)8-27(12)25-16(15)26-7-9-5-13-14(6-11(9)17(26)28)32-19(23,24)31-13/h3-6,8H,2,7H2,1H3. The van der Waals surface area contributed by atoms with Gasteiger partial charge in [0, 0.05) is 11.8 Å². The number of anilines is 1. The number of nitrogens with zero attached hydrogens (tertiary/aromatic N) is 3. The fourth-order valence-corrected chi connectivity index (χ4v) is 4.93. The van der Waals surface area contributed by atoms with E-state index in [1.165, 1.54) is 6.92 Å². The van der Waals surface area contributed by atoms with E-state index in [1.807, 2.05) is 0 Å². The van der Waals surface area contributed by atoms with E-state index in [4.69, 9.17) is 0 Å². The molecule has 4 heterocycles. The molecule has 14 heteroatoms. The maximum Gasteiger partial charge on any atom is 0.586 e. The molecule has 1 amide bonds. The lowest BCUT2D eigenvalue weighted by Crippen LogP contribution is -2.26. The predicted molar refractivity (Wildman–Crippen MR) is 101 cm³/mol. The predicted octanol–water partition coefficient (Wildman–Crippen LogP) is 3.63. The minimum absolute atomic E-state index is 0.0528. The molecule has 0 N–H and O–H groups in total. The number of amides is 1. The topological polar surface area (TPSA) is 90.2 Å². The maximum atomic E-state index is 13.3.